The van der Waals surface area contributed by atoms with Crippen molar-refractivity contribution in [2.45, 2.75) is 4.90 Å². The van der Waals surface area contributed by atoms with E-state index in [1.807, 2.05) is 0 Å². The molecule has 0 aliphatic heterocycles. The largest absolute Gasteiger partial charge is 0.465 e. The monoisotopic (exact) mass is 362 g/mol. The van der Waals surface area contributed by atoms with E-state index in [2.05, 4.69) is 4.74 Å². The molecule has 2 aromatic carbocycles. The van der Waals surface area contributed by atoms with Gasteiger partial charge in [0.1, 0.15) is 11.2 Å². The van der Waals surface area contributed by atoms with Gasteiger partial charge in [-0.2, -0.15) is 0 Å². The van der Waals surface area contributed by atoms with Gasteiger partial charge in [-0.15, -0.1) is 0 Å². The molecule has 0 fully saturated rings. The van der Waals surface area contributed by atoms with Gasteiger partial charge in [0.2, 0.25) is 5.43 Å². The van der Waals surface area contributed by atoms with E-state index in [4.69, 9.17) is 9.52 Å². The molecule has 0 unspecified atom stereocenters. The maximum Gasteiger partial charge on any atom is 0.337 e. The highest BCUT2D eigenvalue weighted by molar-refractivity contribution is 7.91. The van der Waals surface area contributed by atoms with Crippen molar-refractivity contribution in [2.75, 3.05) is 19.5 Å². The van der Waals surface area contributed by atoms with Gasteiger partial charge in [-0.25, -0.2) is 13.2 Å². The second-order valence-corrected chi connectivity index (χ2v) is 7.44. The van der Waals surface area contributed by atoms with E-state index in [-0.39, 0.29) is 32.4 Å². The molecule has 0 spiro atoms. The summed E-state index contributed by atoms with van der Waals surface area (Å²) in [5.41, 5.74) is 0.233. The molecule has 0 saturated heterocycles. The quantitative estimate of drug-likeness (QED) is 0.553. The molecule has 0 radical (unpaired) electrons. The van der Waals surface area contributed by atoms with Gasteiger partial charge in [-0.1, -0.05) is 0 Å². The molecule has 0 aliphatic carbocycles. The third-order valence-electron chi connectivity index (χ3n) is 3.78. The Kier molecular flexibility index (Phi) is 4.32. The molecule has 25 heavy (non-hydrogen) atoms. The Morgan fingerprint density at radius 1 is 1.12 bits per heavy atom. The first-order valence-electron chi connectivity index (χ1n) is 7.30. The standard InChI is InChI=1S/C17H14O7S/c1-23-17(20)10-2-4-14-12(8-10)16(19)13-9-11(3-5-15(13)24-14)25(21,22)7-6-18/h2-5,8-9,18H,6-7H2,1H3. The number of esters is 1. The Morgan fingerprint density at radius 3 is 2.40 bits per heavy atom. The van der Waals surface area contributed by atoms with Gasteiger partial charge >= 0.3 is 5.97 Å². The van der Waals surface area contributed by atoms with E-state index in [1.165, 1.54) is 43.5 Å². The molecule has 0 atom stereocenters. The lowest BCUT2D eigenvalue weighted by molar-refractivity contribution is 0.0601. The van der Waals surface area contributed by atoms with E-state index < -0.39 is 33.6 Å². The average Bonchev–Trinajstić information content (AvgIpc) is 2.60. The van der Waals surface area contributed by atoms with Crippen LogP contribution in [0.3, 0.4) is 0 Å². The number of sulfone groups is 1. The first-order valence-corrected chi connectivity index (χ1v) is 8.95. The molecule has 1 heterocycles. The van der Waals surface area contributed by atoms with Crippen LogP contribution < -0.4 is 5.43 Å². The molecule has 0 saturated carbocycles. The number of methoxy groups -OCH3 is 1. The summed E-state index contributed by atoms with van der Waals surface area (Å²) in [6.45, 7) is -0.519. The minimum absolute atomic E-state index is 0.0773. The molecule has 3 aromatic rings. The number of aliphatic hydroxyl groups excluding tert-OH is 1. The van der Waals surface area contributed by atoms with Crippen molar-refractivity contribution in [3.05, 3.63) is 52.2 Å². The minimum atomic E-state index is -3.70. The lowest BCUT2D eigenvalue weighted by atomic mass is 10.1. The van der Waals surface area contributed by atoms with Crippen LogP contribution in [0.4, 0.5) is 0 Å². The average molecular weight is 362 g/mol. The topological polar surface area (TPSA) is 111 Å². The maximum absolute atomic E-state index is 12.7. The van der Waals surface area contributed by atoms with Crippen molar-refractivity contribution >= 4 is 37.7 Å². The molecule has 8 heteroatoms. The summed E-state index contributed by atoms with van der Waals surface area (Å²) in [6, 6.07) is 8.25. The molecule has 3 rings (SSSR count). The Labute approximate surface area is 142 Å². The number of fused-ring (bicyclic) bond motifs is 2. The van der Waals surface area contributed by atoms with Crippen LogP contribution in [0.2, 0.25) is 0 Å². The van der Waals surface area contributed by atoms with Gasteiger partial charge in [0.25, 0.3) is 0 Å². The van der Waals surface area contributed by atoms with Crippen molar-refractivity contribution in [1.82, 2.24) is 0 Å². The number of rotatable bonds is 4. The predicted molar refractivity (Wildman–Crippen MR) is 90.5 cm³/mol. The SMILES string of the molecule is COC(=O)c1ccc2oc3ccc(S(=O)(=O)CCO)cc3c(=O)c2c1. The third kappa shape index (κ3) is 3.01. The fourth-order valence-corrected chi connectivity index (χ4v) is 3.56. The van der Waals surface area contributed by atoms with E-state index >= 15 is 0 Å². The summed E-state index contributed by atoms with van der Waals surface area (Å²) in [5.74, 6) is -1.04. The van der Waals surface area contributed by atoms with Gasteiger partial charge in [-0.3, -0.25) is 4.79 Å². The number of hydrogen-bond donors (Lipinski definition) is 1. The Hall–Kier alpha value is -2.71. The fourth-order valence-electron chi connectivity index (χ4n) is 2.51. The van der Waals surface area contributed by atoms with Crippen LogP contribution in [-0.2, 0) is 14.6 Å². The second-order valence-electron chi connectivity index (χ2n) is 5.33. The number of ether oxygens (including phenoxy) is 1. The van der Waals surface area contributed by atoms with Crippen LogP contribution in [0.15, 0.2) is 50.5 Å². The third-order valence-corrected chi connectivity index (χ3v) is 5.47. The molecule has 1 N–H and O–H groups in total. The van der Waals surface area contributed by atoms with Crippen molar-refractivity contribution in [2.24, 2.45) is 0 Å². The molecule has 0 aliphatic rings. The van der Waals surface area contributed by atoms with Gasteiger partial charge in [-0.05, 0) is 36.4 Å². The number of benzene rings is 2. The smallest absolute Gasteiger partial charge is 0.337 e. The molecule has 0 amide bonds. The van der Waals surface area contributed by atoms with Crippen molar-refractivity contribution < 1.29 is 27.5 Å². The molecular weight excluding hydrogens is 348 g/mol. The number of hydrogen-bond acceptors (Lipinski definition) is 7. The van der Waals surface area contributed by atoms with Gasteiger partial charge < -0.3 is 14.3 Å². The molecule has 7 nitrogen and oxygen atoms in total. The van der Waals surface area contributed by atoms with Gasteiger partial charge in [0.15, 0.2) is 9.84 Å². The zero-order valence-electron chi connectivity index (χ0n) is 13.2. The Balaban J connectivity index is 2.29. The highest BCUT2D eigenvalue weighted by atomic mass is 32.2. The molecule has 1 aromatic heterocycles. The van der Waals surface area contributed by atoms with Crippen LogP contribution in [0, 0.1) is 0 Å². The van der Waals surface area contributed by atoms with Crippen molar-refractivity contribution in [3.63, 3.8) is 0 Å². The number of carbonyl (C=O) groups excluding carboxylic acids is 1. The van der Waals surface area contributed by atoms with Crippen molar-refractivity contribution in [1.29, 1.82) is 0 Å². The van der Waals surface area contributed by atoms with Gasteiger partial charge in [0, 0.05) is 0 Å². The zero-order valence-corrected chi connectivity index (χ0v) is 14.0. The summed E-state index contributed by atoms with van der Waals surface area (Å²) in [6.07, 6.45) is 0. The minimum Gasteiger partial charge on any atom is -0.465 e. The fraction of sp³-hybridized carbons (Fsp3) is 0.176. The molecule has 0 bridgehead atoms. The summed E-state index contributed by atoms with van der Waals surface area (Å²) >= 11 is 0. The van der Waals surface area contributed by atoms with Crippen LogP contribution in [0.5, 0.6) is 0 Å². The van der Waals surface area contributed by atoms with Crippen LogP contribution in [0.1, 0.15) is 10.4 Å². The zero-order chi connectivity index (χ0) is 18.2. The first-order chi connectivity index (χ1) is 11.9. The summed E-state index contributed by atoms with van der Waals surface area (Å²) < 4.78 is 34.4. The number of aliphatic hydroxyl groups is 1. The second kappa shape index (κ2) is 6.30. The summed E-state index contributed by atoms with van der Waals surface area (Å²) in [4.78, 5) is 24.3. The van der Waals surface area contributed by atoms with E-state index in [1.54, 1.807) is 0 Å². The summed E-state index contributed by atoms with van der Waals surface area (Å²) in [7, 11) is -2.47. The number of carbonyl (C=O) groups is 1. The normalized spacial score (nSPS) is 11.8. The van der Waals surface area contributed by atoms with E-state index in [0.717, 1.165) is 0 Å². The molecule has 130 valence electrons. The molecular formula is C17H14O7S. The lowest BCUT2D eigenvalue weighted by Crippen LogP contribution is -2.11. The van der Waals surface area contributed by atoms with Crippen LogP contribution in [0.25, 0.3) is 21.9 Å². The first kappa shape index (κ1) is 17.1. The van der Waals surface area contributed by atoms with E-state index in [0.29, 0.717) is 0 Å². The highest BCUT2D eigenvalue weighted by Crippen LogP contribution is 2.23. The van der Waals surface area contributed by atoms with E-state index in [9.17, 15) is 18.0 Å². The lowest BCUT2D eigenvalue weighted by Gasteiger charge is -2.06. The maximum atomic E-state index is 12.7. The van der Waals surface area contributed by atoms with Gasteiger partial charge in [0.05, 0.1) is 40.7 Å². The predicted octanol–water partition coefficient (Wildman–Crippen LogP) is 1.50. The Morgan fingerprint density at radius 2 is 1.76 bits per heavy atom. The van der Waals surface area contributed by atoms with Crippen molar-refractivity contribution in [3.8, 4) is 0 Å². The Bertz CT molecular complexity index is 1140. The highest BCUT2D eigenvalue weighted by Gasteiger charge is 2.17. The summed E-state index contributed by atoms with van der Waals surface area (Å²) in [5, 5.41) is 9.10. The van der Waals surface area contributed by atoms with Crippen LogP contribution >= 0.6 is 0 Å². The van der Waals surface area contributed by atoms with Crippen LogP contribution in [-0.4, -0.2) is 39.0 Å².